The van der Waals surface area contributed by atoms with Gasteiger partial charge in [0.1, 0.15) is 5.75 Å². The molecule has 76 valence electrons. The highest BCUT2D eigenvalue weighted by molar-refractivity contribution is 9.10. The maximum absolute atomic E-state index is 9.72. The van der Waals surface area contributed by atoms with Crippen LogP contribution < -0.4 is 0 Å². The van der Waals surface area contributed by atoms with Crippen LogP contribution >= 0.6 is 27.5 Å². The Morgan fingerprint density at radius 2 is 1.67 bits per heavy atom. The quantitative estimate of drug-likeness (QED) is 0.818. The smallest absolute Gasteiger partial charge is 0.124 e. The Bertz CT molecular complexity index is 479. The van der Waals surface area contributed by atoms with Crippen LogP contribution in [0.2, 0.25) is 5.02 Å². The van der Waals surface area contributed by atoms with Gasteiger partial charge in [-0.15, -0.1) is 0 Å². The molecule has 0 amide bonds. The molecule has 0 fully saturated rings. The fraction of sp³-hybridized carbons (Fsp3) is 0. The van der Waals surface area contributed by atoms with E-state index in [0.29, 0.717) is 5.02 Å². The number of rotatable bonds is 1. The third-order valence-electron chi connectivity index (χ3n) is 2.12. The van der Waals surface area contributed by atoms with Crippen LogP contribution in [-0.4, -0.2) is 5.11 Å². The SMILES string of the molecule is Oc1cc(Cl)ccc1-c1ccc(Br)cc1. The van der Waals surface area contributed by atoms with Gasteiger partial charge in [-0.25, -0.2) is 0 Å². The van der Waals surface area contributed by atoms with Gasteiger partial charge < -0.3 is 5.11 Å². The van der Waals surface area contributed by atoms with Crippen molar-refractivity contribution in [2.75, 3.05) is 0 Å². The molecule has 2 aromatic carbocycles. The lowest BCUT2D eigenvalue weighted by molar-refractivity contribution is 0.477. The molecule has 0 aromatic heterocycles. The largest absolute Gasteiger partial charge is 0.507 e. The molecule has 0 aliphatic carbocycles. The van der Waals surface area contributed by atoms with Gasteiger partial charge in [-0.3, -0.25) is 0 Å². The first-order chi connectivity index (χ1) is 7.16. The molecule has 2 rings (SSSR count). The molecule has 1 N–H and O–H groups in total. The summed E-state index contributed by atoms with van der Waals surface area (Å²) in [7, 11) is 0. The van der Waals surface area contributed by atoms with Gasteiger partial charge in [0.2, 0.25) is 0 Å². The highest BCUT2D eigenvalue weighted by Crippen LogP contribution is 2.31. The molecule has 3 heteroatoms. The average Bonchev–Trinajstić information content (AvgIpc) is 2.20. The maximum Gasteiger partial charge on any atom is 0.124 e. The normalized spacial score (nSPS) is 10.3. The summed E-state index contributed by atoms with van der Waals surface area (Å²) >= 11 is 9.13. The van der Waals surface area contributed by atoms with E-state index >= 15 is 0 Å². The second kappa shape index (κ2) is 4.25. The predicted octanol–water partition coefficient (Wildman–Crippen LogP) is 4.48. The molecular formula is C12H8BrClO. The predicted molar refractivity (Wildman–Crippen MR) is 66.3 cm³/mol. The Morgan fingerprint density at radius 1 is 1.00 bits per heavy atom. The van der Waals surface area contributed by atoms with Gasteiger partial charge in [0.15, 0.2) is 0 Å². The lowest BCUT2D eigenvalue weighted by Crippen LogP contribution is -1.78. The zero-order chi connectivity index (χ0) is 10.8. The molecule has 2 aromatic rings. The first-order valence-corrected chi connectivity index (χ1v) is 5.58. The van der Waals surface area contributed by atoms with E-state index in [0.717, 1.165) is 15.6 Å². The molecule has 0 spiro atoms. The van der Waals surface area contributed by atoms with E-state index < -0.39 is 0 Å². The van der Waals surface area contributed by atoms with Crippen LogP contribution in [0.5, 0.6) is 5.75 Å². The molecule has 0 radical (unpaired) electrons. The highest BCUT2D eigenvalue weighted by Gasteiger charge is 2.04. The number of aromatic hydroxyl groups is 1. The van der Waals surface area contributed by atoms with Crippen LogP contribution in [0.15, 0.2) is 46.9 Å². The molecule has 1 nitrogen and oxygen atoms in total. The molecule has 0 aliphatic rings. The van der Waals surface area contributed by atoms with Crippen LogP contribution in [-0.2, 0) is 0 Å². The lowest BCUT2D eigenvalue weighted by atomic mass is 10.1. The molecule has 0 saturated carbocycles. The Balaban J connectivity index is 2.49. The topological polar surface area (TPSA) is 20.2 Å². The Kier molecular flexibility index (Phi) is 2.98. The van der Waals surface area contributed by atoms with Crippen molar-refractivity contribution in [1.82, 2.24) is 0 Å². The molecule has 0 aliphatic heterocycles. The molecule has 0 saturated heterocycles. The third-order valence-corrected chi connectivity index (χ3v) is 2.88. The molecule has 0 bridgehead atoms. The standard InChI is InChI=1S/C12H8BrClO/c13-9-3-1-8(2-4-9)11-6-5-10(14)7-12(11)15/h1-7,15H. The van der Waals surface area contributed by atoms with E-state index in [1.165, 1.54) is 0 Å². The van der Waals surface area contributed by atoms with E-state index in [-0.39, 0.29) is 5.75 Å². The van der Waals surface area contributed by atoms with Gasteiger partial charge in [0.25, 0.3) is 0 Å². The fourth-order valence-corrected chi connectivity index (χ4v) is 1.81. The summed E-state index contributed by atoms with van der Waals surface area (Å²) in [6, 6.07) is 12.9. The van der Waals surface area contributed by atoms with Gasteiger partial charge in [-0.05, 0) is 35.9 Å². The first kappa shape index (κ1) is 10.5. The van der Waals surface area contributed by atoms with Crippen molar-refractivity contribution in [3.63, 3.8) is 0 Å². The van der Waals surface area contributed by atoms with Crippen molar-refractivity contribution in [3.05, 3.63) is 52.0 Å². The summed E-state index contributed by atoms with van der Waals surface area (Å²) in [6.45, 7) is 0. The Morgan fingerprint density at radius 3 is 2.27 bits per heavy atom. The summed E-state index contributed by atoms with van der Waals surface area (Å²) in [5.74, 6) is 0.199. The molecule has 0 unspecified atom stereocenters. The number of hydrogen-bond donors (Lipinski definition) is 1. The second-order valence-corrected chi connectivity index (χ2v) is 4.52. The number of halogens is 2. The van der Waals surface area contributed by atoms with Gasteiger partial charge in [0.05, 0.1) is 0 Å². The first-order valence-electron chi connectivity index (χ1n) is 4.41. The van der Waals surface area contributed by atoms with Crippen LogP contribution in [0, 0.1) is 0 Å². The Hall–Kier alpha value is -0.990. The summed E-state index contributed by atoms with van der Waals surface area (Å²) < 4.78 is 1.01. The van der Waals surface area contributed by atoms with Crippen molar-refractivity contribution in [2.24, 2.45) is 0 Å². The van der Waals surface area contributed by atoms with E-state index in [2.05, 4.69) is 15.9 Å². The minimum Gasteiger partial charge on any atom is -0.507 e. The monoisotopic (exact) mass is 282 g/mol. The fourth-order valence-electron chi connectivity index (χ4n) is 1.38. The van der Waals surface area contributed by atoms with E-state index in [1.807, 2.05) is 24.3 Å². The van der Waals surface area contributed by atoms with Crippen molar-refractivity contribution in [1.29, 1.82) is 0 Å². The van der Waals surface area contributed by atoms with Crippen LogP contribution in [0.4, 0.5) is 0 Å². The Labute approximate surface area is 101 Å². The van der Waals surface area contributed by atoms with Crippen LogP contribution in [0.3, 0.4) is 0 Å². The molecular weight excluding hydrogens is 275 g/mol. The maximum atomic E-state index is 9.72. The van der Waals surface area contributed by atoms with Crippen molar-refractivity contribution in [3.8, 4) is 16.9 Å². The van der Waals surface area contributed by atoms with Gasteiger partial charge >= 0.3 is 0 Å². The summed E-state index contributed by atoms with van der Waals surface area (Å²) in [5, 5.41) is 10.3. The molecule has 0 heterocycles. The zero-order valence-corrected chi connectivity index (χ0v) is 10.1. The van der Waals surface area contributed by atoms with Crippen molar-refractivity contribution >= 4 is 27.5 Å². The number of hydrogen-bond acceptors (Lipinski definition) is 1. The van der Waals surface area contributed by atoms with Gasteiger partial charge in [-0.1, -0.05) is 39.7 Å². The summed E-state index contributed by atoms with van der Waals surface area (Å²) in [5.41, 5.74) is 1.75. The minimum absolute atomic E-state index is 0.199. The zero-order valence-electron chi connectivity index (χ0n) is 7.74. The minimum atomic E-state index is 0.199. The summed E-state index contributed by atoms with van der Waals surface area (Å²) in [4.78, 5) is 0. The third kappa shape index (κ3) is 2.33. The van der Waals surface area contributed by atoms with Gasteiger partial charge in [0, 0.05) is 15.1 Å². The van der Waals surface area contributed by atoms with Crippen molar-refractivity contribution in [2.45, 2.75) is 0 Å². The van der Waals surface area contributed by atoms with E-state index in [1.54, 1.807) is 18.2 Å². The summed E-state index contributed by atoms with van der Waals surface area (Å²) in [6.07, 6.45) is 0. The number of phenolic OH excluding ortho intramolecular Hbond substituents is 1. The number of benzene rings is 2. The van der Waals surface area contributed by atoms with Crippen LogP contribution in [0.1, 0.15) is 0 Å². The van der Waals surface area contributed by atoms with E-state index in [9.17, 15) is 5.11 Å². The van der Waals surface area contributed by atoms with Gasteiger partial charge in [-0.2, -0.15) is 0 Å². The molecule has 15 heavy (non-hydrogen) atoms. The lowest BCUT2D eigenvalue weighted by Gasteiger charge is -2.05. The average molecular weight is 284 g/mol. The molecule has 0 atom stereocenters. The second-order valence-electron chi connectivity index (χ2n) is 3.17. The van der Waals surface area contributed by atoms with Crippen LogP contribution in [0.25, 0.3) is 11.1 Å². The van der Waals surface area contributed by atoms with Crippen molar-refractivity contribution < 1.29 is 5.11 Å². The number of phenols is 1. The highest BCUT2D eigenvalue weighted by atomic mass is 79.9. The van der Waals surface area contributed by atoms with E-state index in [4.69, 9.17) is 11.6 Å².